The topological polar surface area (TPSA) is 64.7 Å². The molecule has 130 valence electrons. The van der Waals surface area contributed by atoms with Gasteiger partial charge in [-0.25, -0.2) is 4.68 Å². The summed E-state index contributed by atoms with van der Waals surface area (Å²) in [7, 11) is 0. The van der Waals surface area contributed by atoms with E-state index in [9.17, 15) is 4.79 Å². The molecule has 0 unspecified atom stereocenters. The number of aryl methyl sites for hydroxylation is 3. The molecule has 0 bridgehead atoms. The number of aromatic nitrogens is 4. The van der Waals surface area contributed by atoms with Gasteiger partial charge in [0, 0.05) is 29.2 Å². The first kappa shape index (κ1) is 17.4. The number of carbonyl (C=O) groups excluding carboxylic acids is 1. The van der Waals surface area contributed by atoms with Gasteiger partial charge >= 0.3 is 0 Å². The van der Waals surface area contributed by atoms with Crippen LogP contribution in [-0.2, 0) is 17.9 Å². The number of nitrogens with one attached hydrogen (secondary N) is 1. The normalized spacial score (nSPS) is 10.8. The summed E-state index contributed by atoms with van der Waals surface area (Å²) in [5, 5.41) is 11.6. The minimum absolute atomic E-state index is 0.0542. The molecule has 7 heteroatoms. The van der Waals surface area contributed by atoms with Crippen LogP contribution >= 0.6 is 15.9 Å². The second kappa shape index (κ2) is 7.65. The Bertz CT molecular complexity index is 883. The first-order valence-electron chi connectivity index (χ1n) is 8.09. The minimum Gasteiger partial charge on any atom is -0.311 e. The number of rotatable bonds is 6. The maximum atomic E-state index is 12.3. The number of nitrogens with zero attached hydrogens (tertiary/aromatic N) is 4. The molecule has 0 saturated carbocycles. The third-order valence-corrected chi connectivity index (χ3v) is 4.69. The van der Waals surface area contributed by atoms with Crippen molar-refractivity contribution in [3.8, 4) is 0 Å². The fraction of sp³-hybridized carbons (Fsp3) is 0.278. The number of anilines is 1. The van der Waals surface area contributed by atoms with Gasteiger partial charge in [-0.1, -0.05) is 34.1 Å². The highest BCUT2D eigenvalue weighted by Gasteiger charge is 2.10. The van der Waals surface area contributed by atoms with Gasteiger partial charge in [0.05, 0.1) is 18.4 Å². The van der Waals surface area contributed by atoms with Crippen LogP contribution in [0.25, 0.3) is 0 Å². The Hall–Kier alpha value is -2.41. The molecule has 0 fully saturated rings. The van der Waals surface area contributed by atoms with E-state index < -0.39 is 0 Å². The first-order valence-corrected chi connectivity index (χ1v) is 8.88. The second-order valence-electron chi connectivity index (χ2n) is 5.91. The van der Waals surface area contributed by atoms with Crippen LogP contribution in [0.2, 0.25) is 0 Å². The number of amides is 1. The van der Waals surface area contributed by atoms with Crippen molar-refractivity contribution in [3.05, 3.63) is 64.0 Å². The van der Waals surface area contributed by atoms with Gasteiger partial charge in [0.25, 0.3) is 0 Å². The van der Waals surface area contributed by atoms with Gasteiger partial charge < -0.3 is 5.32 Å². The quantitative estimate of drug-likeness (QED) is 0.686. The summed E-state index contributed by atoms with van der Waals surface area (Å²) >= 11 is 3.54. The largest absolute Gasteiger partial charge is 0.311 e. The highest BCUT2D eigenvalue weighted by Crippen LogP contribution is 2.18. The molecule has 3 aromatic rings. The van der Waals surface area contributed by atoms with Crippen molar-refractivity contribution in [1.29, 1.82) is 0 Å². The minimum atomic E-state index is -0.0542. The summed E-state index contributed by atoms with van der Waals surface area (Å²) in [5.41, 5.74) is 3.12. The molecular weight excluding hydrogens is 382 g/mol. The Morgan fingerprint density at radius 3 is 2.72 bits per heavy atom. The number of halogens is 1. The Kier molecular flexibility index (Phi) is 5.33. The van der Waals surface area contributed by atoms with E-state index in [0.717, 1.165) is 21.4 Å². The van der Waals surface area contributed by atoms with Gasteiger partial charge in [0.15, 0.2) is 0 Å². The Morgan fingerprint density at radius 1 is 1.20 bits per heavy atom. The van der Waals surface area contributed by atoms with Crippen LogP contribution in [0.3, 0.4) is 0 Å². The lowest BCUT2D eigenvalue weighted by Gasteiger charge is -2.10. The lowest BCUT2D eigenvalue weighted by Crippen LogP contribution is -2.18. The zero-order valence-electron chi connectivity index (χ0n) is 14.2. The van der Waals surface area contributed by atoms with Crippen LogP contribution in [0, 0.1) is 13.8 Å². The van der Waals surface area contributed by atoms with E-state index in [1.807, 2.05) is 48.9 Å². The van der Waals surface area contributed by atoms with Crippen LogP contribution in [0.4, 0.5) is 5.82 Å². The van der Waals surface area contributed by atoms with Gasteiger partial charge in [-0.3, -0.25) is 9.48 Å². The van der Waals surface area contributed by atoms with Gasteiger partial charge in [-0.05, 0) is 31.5 Å². The summed E-state index contributed by atoms with van der Waals surface area (Å²) in [4.78, 5) is 12.3. The average molecular weight is 402 g/mol. The fourth-order valence-electron chi connectivity index (χ4n) is 2.67. The molecule has 1 N–H and O–H groups in total. The molecule has 1 amide bonds. The molecule has 3 rings (SSSR count). The molecule has 0 spiro atoms. The molecule has 25 heavy (non-hydrogen) atoms. The van der Waals surface area contributed by atoms with Crippen molar-refractivity contribution in [2.75, 3.05) is 5.32 Å². The van der Waals surface area contributed by atoms with Crippen molar-refractivity contribution in [2.24, 2.45) is 0 Å². The van der Waals surface area contributed by atoms with E-state index in [1.54, 1.807) is 16.9 Å². The lowest BCUT2D eigenvalue weighted by atomic mass is 10.2. The van der Waals surface area contributed by atoms with Crippen LogP contribution in [-0.4, -0.2) is 25.5 Å². The summed E-state index contributed by atoms with van der Waals surface area (Å²) < 4.78 is 4.65. The van der Waals surface area contributed by atoms with E-state index in [-0.39, 0.29) is 5.91 Å². The Labute approximate surface area is 155 Å². The van der Waals surface area contributed by atoms with E-state index in [1.165, 1.54) is 0 Å². The van der Waals surface area contributed by atoms with Crippen molar-refractivity contribution in [3.63, 3.8) is 0 Å². The average Bonchev–Trinajstić information content (AvgIpc) is 3.13. The third-order valence-electron chi connectivity index (χ3n) is 3.92. The van der Waals surface area contributed by atoms with Crippen LogP contribution in [0.5, 0.6) is 0 Å². The molecular formula is C18H20BrN5O. The SMILES string of the molecule is Cc1cc(C)n(CCC(=O)Nc2ccnn2Cc2ccccc2Br)n1. The molecule has 0 aliphatic rings. The summed E-state index contributed by atoms with van der Waals surface area (Å²) in [6.07, 6.45) is 2.05. The van der Waals surface area contributed by atoms with E-state index >= 15 is 0 Å². The molecule has 6 nitrogen and oxygen atoms in total. The van der Waals surface area contributed by atoms with Crippen molar-refractivity contribution in [2.45, 2.75) is 33.4 Å². The molecule has 2 aromatic heterocycles. The lowest BCUT2D eigenvalue weighted by molar-refractivity contribution is -0.116. The summed E-state index contributed by atoms with van der Waals surface area (Å²) in [5.74, 6) is 0.635. The maximum Gasteiger partial charge on any atom is 0.227 e. The second-order valence-corrected chi connectivity index (χ2v) is 6.77. The monoisotopic (exact) mass is 401 g/mol. The predicted octanol–water partition coefficient (Wildman–Crippen LogP) is 3.54. The molecule has 0 aliphatic heterocycles. The molecule has 0 aliphatic carbocycles. The molecule has 2 heterocycles. The maximum absolute atomic E-state index is 12.3. The number of benzene rings is 1. The number of carbonyl (C=O) groups is 1. The standard InChI is InChI=1S/C18H20BrN5O/c1-13-11-14(2)23(22-13)10-8-18(25)21-17-7-9-20-24(17)12-15-5-3-4-6-16(15)19/h3-7,9,11H,8,10,12H2,1-2H3,(H,21,25). The highest BCUT2D eigenvalue weighted by atomic mass is 79.9. The van der Waals surface area contributed by atoms with Crippen LogP contribution in [0.1, 0.15) is 23.4 Å². The van der Waals surface area contributed by atoms with Crippen LogP contribution in [0.15, 0.2) is 47.1 Å². The van der Waals surface area contributed by atoms with Gasteiger partial charge in [0.2, 0.25) is 5.91 Å². The molecule has 0 atom stereocenters. The van der Waals surface area contributed by atoms with Gasteiger partial charge in [-0.2, -0.15) is 10.2 Å². The number of hydrogen-bond acceptors (Lipinski definition) is 3. The first-order chi connectivity index (χ1) is 12.0. The smallest absolute Gasteiger partial charge is 0.227 e. The van der Waals surface area contributed by atoms with Crippen LogP contribution < -0.4 is 5.32 Å². The molecule has 0 radical (unpaired) electrons. The fourth-order valence-corrected chi connectivity index (χ4v) is 3.08. The zero-order valence-corrected chi connectivity index (χ0v) is 15.8. The van der Waals surface area contributed by atoms with E-state index in [0.29, 0.717) is 25.3 Å². The highest BCUT2D eigenvalue weighted by molar-refractivity contribution is 9.10. The van der Waals surface area contributed by atoms with Crippen molar-refractivity contribution in [1.82, 2.24) is 19.6 Å². The number of hydrogen-bond donors (Lipinski definition) is 1. The van der Waals surface area contributed by atoms with Crippen molar-refractivity contribution < 1.29 is 4.79 Å². The van der Waals surface area contributed by atoms with E-state index in [2.05, 4.69) is 31.4 Å². The molecule has 1 aromatic carbocycles. The third kappa shape index (κ3) is 4.36. The van der Waals surface area contributed by atoms with Gasteiger partial charge in [-0.15, -0.1) is 0 Å². The zero-order chi connectivity index (χ0) is 17.8. The summed E-state index contributed by atoms with van der Waals surface area (Å²) in [6.45, 7) is 5.08. The predicted molar refractivity (Wildman–Crippen MR) is 100 cm³/mol. The Morgan fingerprint density at radius 2 is 2.00 bits per heavy atom. The summed E-state index contributed by atoms with van der Waals surface area (Å²) in [6, 6.07) is 11.8. The van der Waals surface area contributed by atoms with E-state index in [4.69, 9.17) is 0 Å². The molecule has 0 saturated heterocycles. The Balaban J connectivity index is 1.62. The van der Waals surface area contributed by atoms with Gasteiger partial charge in [0.1, 0.15) is 5.82 Å². The van der Waals surface area contributed by atoms with Crippen molar-refractivity contribution >= 4 is 27.7 Å².